The number of benzene rings is 1. The first kappa shape index (κ1) is 13.6. The first-order chi connectivity index (χ1) is 10.3. The molecule has 1 aliphatic heterocycles. The van der Waals surface area contributed by atoms with E-state index >= 15 is 0 Å². The predicted octanol–water partition coefficient (Wildman–Crippen LogP) is 2.19. The number of rotatable bonds is 4. The van der Waals surface area contributed by atoms with E-state index in [-0.39, 0.29) is 5.91 Å². The van der Waals surface area contributed by atoms with Crippen molar-refractivity contribution in [2.75, 3.05) is 11.4 Å². The Labute approximate surface area is 126 Å². The molecule has 1 saturated heterocycles. The van der Waals surface area contributed by atoms with Crippen molar-refractivity contribution in [3.63, 3.8) is 0 Å². The number of hydrogen-bond donors (Lipinski definition) is 1. The molecule has 1 atom stereocenters. The molecule has 1 fully saturated rings. The highest BCUT2D eigenvalue weighted by atomic mass is 32.1. The fourth-order valence-corrected chi connectivity index (χ4v) is 2.85. The lowest BCUT2D eigenvalue weighted by atomic mass is 10.3. The maximum atomic E-state index is 12.3. The van der Waals surface area contributed by atoms with Crippen LogP contribution in [0.15, 0.2) is 52.3 Å². The van der Waals surface area contributed by atoms with Crippen LogP contribution in [0, 0.1) is 0 Å². The summed E-state index contributed by atoms with van der Waals surface area (Å²) in [5.74, 6) is 0.213. The molecule has 2 N–H and O–H groups in total. The minimum absolute atomic E-state index is 0.0805. The molecule has 108 valence electrons. The third-order valence-corrected chi connectivity index (χ3v) is 4.00. The third-order valence-electron chi connectivity index (χ3n) is 3.32. The Balaban J connectivity index is 1.66. The van der Waals surface area contributed by atoms with Gasteiger partial charge in [0.15, 0.2) is 5.84 Å². The molecule has 0 aliphatic carbocycles. The number of oxime groups is 1. The fraction of sp³-hybridized carbons (Fsp3) is 0.200. The first-order valence-corrected chi connectivity index (χ1v) is 7.58. The molecule has 3 rings (SSSR count). The van der Waals surface area contributed by atoms with Crippen LogP contribution in [0.5, 0.6) is 0 Å². The Morgan fingerprint density at radius 1 is 1.33 bits per heavy atom. The minimum atomic E-state index is -0.567. The van der Waals surface area contributed by atoms with Gasteiger partial charge in [0.25, 0.3) is 5.91 Å². The molecule has 1 unspecified atom stereocenters. The Morgan fingerprint density at radius 2 is 2.14 bits per heavy atom. The Hall–Kier alpha value is -2.34. The van der Waals surface area contributed by atoms with Crippen molar-refractivity contribution in [3.05, 3.63) is 52.7 Å². The molecule has 1 aliphatic rings. The average Bonchev–Trinajstić information content (AvgIpc) is 3.16. The number of anilines is 1. The smallest absolute Gasteiger partial charge is 0.270 e. The second-order valence-corrected chi connectivity index (χ2v) is 5.48. The van der Waals surface area contributed by atoms with Crippen LogP contribution in [-0.4, -0.2) is 24.4 Å². The monoisotopic (exact) mass is 301 g/mol. The number of hydrogen-bond acceptors (Lipinski definition) is 4. The quantitative estimate of drug-likeness (QED) is 0.535. The van der Waals surface area contributed by atoms with Crippen molar-refractivity contribution in [1.29, 1.82) is 0 Å². The number of carbonyl (C=O) groups is 1. The van der Waals surface area contributed by atoms with Gasteiger partial charge in [0, 0.05) is 29.6 Å². The number of nitrogens with two attached hydrogens (primary N) is 1. The van der Waals surface area contributed by atoms with Crippen molar-refractivity contribution in [2.24, 2.45) is 10.9 Å². The molecule has 0 spiro atoms. The number of para-hydroxylation sites is 1. The molecular formula is C15H15N3O2S. The van der Waals surface area contributed by atoms with Crippen LogP contribution < -0.4 is 10.6 Å². The number of amidine groups is 1. The Morgan fingerprint density at radius 3 is 2.86 bits per heavy atom. The van der Waals surface area contributed by atoms with Crippen LogP contribution in [-0.2, 0) is 9.63 Å². The normalized spacial score (nSPS) is 19.0. The summed E-state index contributed by atoms with van der Waals surface area (Å²) in [4.78, 5) is 19.3. The second-order valence-electron chi connectivity index (χ2n) is 4.70. The summed E-state index contributed by atoms with van der Waals surface area (Å²) >= 11 is 1.53. The molecule has 0 bridgehead atoms. The molecule has 2 heterocycles. The van der Waals surface area contributed by atoms with E-state index in [9.17, 15) is 4.79 Å². The van der Waals surface area contributed by atoms with Gasteiger partial charge in [-0.15, -0.1) is 0 Å². The van der Waals surface area contributed by atoms with E-state index in [0.29, 0.717) is 18.8 Å². The molecule has 21 heavy (non-hydrogen) atoms. The molecular weight excluding hydrogens is 286 g/mol. The molecule has 0 radical (unpaired) electrons. The Bertz CT molecular complexity index is 640. The van der Waals surface area contributed by atoms with Crippen LogP contribution in [0.3, 0.4) is 0 Å². The summed E-state index contributed by atoms with van der Waals surface area (Å²) < 4.78 is 0. The van der Waals surface area contributed by atoms with Crippen LogP contribution in [0.4, 0.5) is 5.69 Å². The van der Waals surface area contributed by atoms with E-state index in [2.05, 4.69) is 5.16 Å². The maximum Gasteiger partial charge on any atom is 0.270 e. The molecule has 2 aromatic rings. The van der Waals surface area contributed by atoms with E-state index in [4.69, 9.17) is 10.6 Å². The summed E-state index contributed by atoms with van der Waals surface area (Å²) in [5.41, 5.74) is 7.50. The van der Waals surface area contributed by atoms with Crippen LogP contribution in [0.2, 0.25) is 0 Å². The minimum Gasteiger partial charge on any atom is -0.381 e. The molecule has 6 heteroatoms. The molecule has 5 nitrogen and oxygen atoms in total. The molecule has 1 aromatic heterocycles. The molecule has 0 saturated carbocycles. The van der Waals surface area contributed by atoms with Gasteiger partial charge in [0.05, 0.1) is 0 Å². The van der Waals surface area contributed by atoms with Crippen molar-refractivity contribution in [1.82, 2.24) is 0 Å². The van der Waals surface area contributed by atoms with Gasteiger partial charge < -0.3 is 15.5 Å². The van der Waals surface area contributed by atoms with E-state index in [1.165, 1.54) is 11.3 Å². The standard InChI is InChI=1S/C15H15N3O2S/c16-14(11-7-9-21-10-11)17-20-13-6-8-18(15(13)19)12-4-2-1-3-5-12/h1-5,7,9-10,13H,6,8H2,(H2,16,17). The largest absolute Gasteiger partial charge is 0.381 e. The zero-order valence-corrected chi connectivity index (χ0v) is 12.1. The van der Waals surface area contributed by atoms with Crippen molar-refractivity contribution >= 4 is 28.8 Å². The highest BCUT2D eigenvalue weighted by Gasteiger charge is 2.34. The average molecular weight is 301 g/mol. The van der Waals surface area contributed by atoms with Gasteiger partial charge in [-0.1, -0.05) is 23.4 Å². The lowest BCUT2D eigenvalue weighted by Crippen LogP contribution is -2.30. The summed E-state index contributed by atoms with van der Waals surface area (Å²) in [6.07, 6.45) is 0.0381. The van der Waals surface area contributed by atoms with Gasteiger partial charge in [-0.25, -0.2) is 0 Å². The van der Waals surface area contributed by atoms with E-state index < -0.39 is 6.10 Å². The van der Waals surface area contributed by atoms with Crippen molar-refractivity contribution in [3.8, 4) is 0 Å². The highest BCUT2D eigenvalue weighted by Crippen LogP contribution is 2.22. The van der Waals surface area contributed by atoms with Gasteiger partial charge in [0.1, 0.15) is 0 Å². The zero-order chi connectivity index (χ0) is 14.7. The Kier molecular flexibility index (Phi) is 3.87. The lowest BCUT2D eigenvalue weighted by Gasteiger charge is -2.15. The third kappa shape index (κ3) is 2.90. The number of thiophene rings is 1. The summed E-state index contributed by atoms with van der Waals surface area (Å²) in [6, 6.07) is 11.4. The molecule has 1 aromatic carbocycles. The maximum absolute atomic E-state index is 12.3. The summed E-state index contributed by atoms with van der Waals surface area (Å²) in [7, 11) is 0. The lowest BCUT2D eigenvalue weighted by molar-refractivity contribution is -0.127. The van der Waals surface area contributed by atoms with E-state index in [1.54, 1.807) is 4.90 Å². The van der Waals surface area contributed by atoms with Gasteiger partial charge in [-0.05, 0) is 23.6 Å². The molecule has 1 amide bonds. The number of carbonyl (C=O) groups excluding carboxylic acids is 1. The topological polar surface area (TPSA) is 67.9 Å². The number of amides is 1. The van der Waals surface area contributed by atoms with E-state index in [0.717, 1.165) is 11.3 Å². The van der Waals surface area contributed by atoms with Gasteiger partial charge >= 0.3 is 0 Å². The SMILES string of the molecule is N/C(=N\OC1CCN(c2ccccc2)C1=O)c1ccsc1. The summed E-state index contributed by atoms with van der Waals surface area (Å²) in [6.45, 7) is 0.626. The fourth-order valence-electron chi connectivity index (χ4n) is 2.20. The zero-order valence-electron chi connectivity index (χ0n) is 11.3. The van der Waals surface area contributed by atoms with Gasteiger partial charge in [-0.2, -0.15) is 11.3 Å². The van der Waals surface area contributed by atoms with Crippen molar-refractivity contribution in [2.45, 2.75) is 12.5 Å². The summed E-state index contributed by atoms with van der Waals surface area (Å²) in [5, 5.41) is 7.68. The van der Waals surface area contributed by atoms with Crippen LogP contribution in [0.25, 0.3) is 0 Å². The predicted molar refractivity (Wildman–Crippen MR) is 83.3 cm³/mol. The highest BCUT2D eigenvalue weighted by molar-refractivity contribution is 7.08. The van der Waals surface area contributed by atoms with E-state index in [1.807, 2.05) is 47.2 Å². The van der Waals surface area contributed by atoms with Gasteiger partial charge in [-0.3, -0.25) is 4.79 Å². The van der Waals surface area contributed by atoms with Crippen LogP contribution >= 0.6 is 11.3 Å². The van der Waals surface area contributed by atoms with Gasteiger partial charge in [0.2, 0.25) is 6.10 Å². The van der Waals surface area contributed by atoms with Crippen LogP contribution in [0.1, 0.15) is 12.0 Å². The second kappa shape index (κ2) is 5.97. The van der Waals surface area contributed by atoms with Crippen molar-refractivity contribution < 1.29 is 9.63 Å². The first-order valence-electron chi connectivity index (χ1n) is 6.64. The number of nitrogens with zero attached hydrogens (tertiary/aromatic N) is 2.